The van der Waals surface area contributed by atoms with E-state index in [1.54, 1.807) is 6.20 Å². The van der Waals surface area contributed by atoms with Gasteiger partial charge >= 0.3 is 0 Å². The third-order valence-corrected chi connectivity index (χ3v) is 4.88. The molecule has 0 radical (unpaired) electrons. The molecule has 1 aliphatic rings. The molecule has 9 heteroatoms. The Morgan fingerprint density at radius 3 is 3.12 bits per heavy atom. The Kier molecular flexibility index (Phi) is 5.54. The first-order chi connectivity index (χ1) is 11.6. The van der Waals surface area contributed by atoms with Crippen LogP contribution in [0.4, 0.5) is 5.13 Å². The van der Waals surface area contributed by atoms with Crippen molar-refractivity contribution in [1.82, 2.24) is 24.6 Å². The molecule has 1 unspecified atom stereocenters. The first-order valence-electron chi connectivity index (χ1n) is 8.03. The van der Waals surface area contributed by atoms with Crippen LogP contribution in [-0.4, -0.2) is 57.3 Å². The molecule has 0 saturated carbocycles. The predicted molar refractivity (Wildman–Crippen MR) is 90.9 cm³/mol. The molecule has 1 atom stereocenters. The Balaban J connectivity index is 1.44. The van der Waals surface area contributed by atoms with Gasteiger partial charge in [-0.05, 0) is 26.8 Å². The summed E-state index contributed by atoms with van der Waals surface area (Å²) in [6, 6.07) is 0. The number of amides is 1. The summed E-state index contributed by atoms with van der Waals surface area (Å²) in [5.41, 5.74) is 0. The Hall–Kier alpha value is -1.84. The molecular formula is C15H22N6O2S. The topological polar surface area (TPSA) is 85.2 Å². The number of ether oxygens (including phenoxy) is 1. The van der Waals surface area contributed by atoms with Gasteiger partial charge in [0.15, 0.2) is 0 Å². The largest absolute Gasteiger partial charge is 0.371 e. The van der Waals surface area contributed by atoms with Crippen molar-refractivity contribution in [3.8, 4) is 0 Å². The van der Waals surface area contributed by atoms with E-state index >= 15 is 0 Å². The van der Waals surface area contributed by atoms with Gasteiger partial charge in [-0.2, -0.15) is 0 Å². The maximum Gasteiger partial charge on any atom is 0.240 e. The summed E-state index contributed by atoms with van der Waals surface area (Å²) in [5.74, 6) is 0.887. The van der Waals surface area contributed by atoms with Crippen LogP contribution < -0.4 is 5.32 Å². The van der Waals surface area contributed by atoms with Gasteiger partial charge in [-0.25, -0.2) is 4.98 Å². The Morgan fingerprint density at radius 1 is 1.54 bits per heavy atom. The molecule has 1 aliphatic heterocycles. The monoisotopic (exact) mass is 350 g/mol. The Bertz CT molecular complexity index is 679. The first kappa shape index (κ1) is 17.0. The number of imidazole rings is 1. The molecule has 1 fully saturated rings. The molecule has 130 valence electrons. The summed E-state index contributed by atoms with van der Waals surface area (Å²) in [5, 5.41) is 12.3. The van der Waals surface area contributed by atoms with Crippen molar-refractivity contribution >= 4 is 22.4 Å². The lowest BCUT2D eigenvalue weighted by Gasteiger charge is -2.16. The van der Waals surface area contributed by atoms with Crippen LogP contribution in [0, 0.1) is 6.92 Å². The summed E-state index contributed by atoms with van der Waals surface area (Å²) in [4.78, 5) is 18.3. The quantitative estimate of drug-likeness (QED) is 0.814. The van der Waals surface area contributed by atoms with Gasteiger partial charge in [-0.3, -0.25) is 15.0 Å². The SMILES string of the molecule is Cc1nccn1CCN(C)CC(=O)Nc1nnc(C2CCCO2)s1. The van der Waals surface area contributed by atoms with Gasteiger partial charge in [-0.15, -0.1) is 10.2 Å². The third-order valence-electron chi connectivity index (χ3n) is 3.95. The van der Waals surface area contributed by atoms with E-state index in [1.807, 2.05) is 25.1 Å². The average Bonchev–Trinajstić information content (AvgIpc) is 3.26. The molecule has 24 heavy (non-hydrogen) atoms. The predicted octanol–water partition coefficient (Wildman–Crippen LogP) is 1.47. The number of hydrogen-bond acceptors (Lipinski definition) is 7. The van der Waals surface area contributed by atoms with Crippen LogP contribution in [0.2, 0.25) is 0 Å². The number of nitrogens with zero attached hydrogens (tertiary/aromatic N) is 5. The molecule has 0 bridgehead atoms. The molecule has 0 spiro atoms. The highest BCUT2D eigenvalue weighted by Crippen LogP contribution is 2.31. The molecule has 2 aromatic heterocycles. The highest BCUT2D eigenvalue weighted by atomic mass is 32.1. The van der Waals surface area contributed by atoms with Crippen LogP contribution in [0.5, 0.6) is 0 Å². The van der Waals surface area contributed by atoms with E-state index in [9.17, 15) is 4.79 Å². The minimum atomic E-state index is -0.0881. The van der Waals surface area contributed by atoms with E-state index in [2.05, 4.69) is 25.1 Å². The van der Waals surface area contributed by atoms with Crippen molar-refractivity contribution in [2.75, 3.05) is 32.1 Å². The summed E-state index contributed by atoms with van der Waals surface area (Å²) in [7, 11) is 1.92. The summed E-state index contributed by atoms with van der Waals surface area (Å²) in [6.45, 7) is 4.61. The van der Waals surface area contributed by atoms with Crippen LogP contribution >= 0.6 is 11.3 Å². The second kappa shape index (κ2) is 7.82. The average molecular weight is 350 g/mol. The molecule has 0 aliphatic carbocycles. The molecule has 2 aromatic rings. The molecule has 3 rings (SSSR count). The van der Waals surface area contributed by atoms with Gasteiger partial charge in [0.2, 0.25) is 11.0 Å². The van der Waals surface area contributed by atoms with Crippen molar-refractivity contribution in [2.45, 2.75) is 32.4 Å². The second-order valence-corrected chi connectivity index (χ2v) is 6.91. The lowest BCUT2D eigenvalue weighted by molar-refractivity contribution is -0.117. The van der Waals surface area contributed by atoms with Crippen LogP contribution in [0.15, 0.2) is 12.4 Å². The van der Waals surface area contributed by atoms with Gasteiger partial charge in [0.25, 0.3) is 0 Å². The van der Waals surface area contributed by atoms with E-state index < -0.39 is 0 Å². The van der Waals surface area contributed by atoms with Gasteiger partial charge < -0.3 is 9.30 Å². The highest BCUT2D eigenvalue weighted by Gasteiger charge is 2.22. The van der Waals surface area contributed by atoms with Gasteiger partial charge in [-0.1, -0.05) is 11.3 Å². The molecule has 8 nitrogen and oxygen atoms in total. The number of rotatable bonds is 7. The summed E-state index contributed by atoms with van der Waals surface area (Å²) < 4.78 is 7.64. The standard InChI is InChI=1S/C15H22N6O2S/c1-11-16-5-6-21(11)8-7-20(2)10-13(22)17-15-19-18-14(24-15)12-4-3-9-23-12/h5-6,12H,3-4,7-10H2,1-2H3,(H,17,19,22). The van der Waals surface area contributed by atoms with E-state index in [0.717, 1.165) is 43.4 Å². The molecule has 1 N–H and O–H groups in total. The third kappa shape index (κ3) is 4.37. The number of carbonyl (C=O) groups is 1. The molecule has 1 saturated heterocycles. The van der Waals surface area contributed by atoms with Gasteiger partial charge in [0.05, 0.1) is 6.54 Å². The fourth-order valence-electron chi connectivity index (χ4n) is 2.59. The van der Waals surface area contributed by atoms with E-state index in [-0.39, 0.29) is 12.0 Å². The van der Waals surface area contributed by atoms with Crippen LogP contribution in [0.25, 0.3) is 0 Å². The summed E-state index contributed by atoms with van der Waals surface area (Å²) in [6.07, 6.45) is 5.78. The molecule has 1 amide bonds. The zero-order valence-corrected chi connectivity index (χ0v) is 14.8. The first-order valence-corrected chi connectivity index (χ1v) is 8.84. The number of nitrogens with one attached hydrogen (secondary N) is 1. The van der Waals surface area contributed by atoms with E-state index in [0.29, 0.717) is 11.7 Å². The number of likely N-dealkylation sites (N-methyl/N-ethyl adjacent to an activating group) is 1. The van der Waals surface area contributed by atoms with E-state index in [1.165, 1.54) is 11.3 Å². The van der Waals surface area contributed by atoms with Gasteiger partial charge in [0, 0.05) is 32.1 Å². The van der Waals surface area contributed by atoms with Crippen molar-refractivity contribution < 1.29 is 9.53 Å². The smallest absolute Gasteiger partial charge is 0.240 e. The zero-order chi connectivity index (χ0) is 16.9. The van der Waals surface area contributed by atoms with E-state index in [4.69, 9.17) is 4.74 Å². The maximum absolute atomic E-state index is 12.1. The highest BCUT2D eigenvalue weighted by molar-refractivity contribution is 7.15. The number of carbonyl (C=O) groups excluding carboxylic acids is 1. The number of aryl methyl sites for hydroxylation is 1. The minimum absolute atomic E-state index is 0.0363. The lowest BCUT2D eigenvalue weighted by Crippen LogP contribution is -2.32. The normalized spacial score (nSPS) is 17.5. The number of anilines is 1. The minimum Gasteiger partial charge on any atom is -0.371 e. The lowest BCUT2D eigenvalue weighted by atomic mass is 10.2. The Morgan fingerprint density at radius 2 is 2.42 bits per heavy atom. The van der Waals surface area contributed by atoms with Gasteiger partial charge in [0.1, 0.15) is 16.9 Å². The zero-order valence-electron chi connectivity index (χ0n) is 13.9. The fourth-order valence-corrected chi connectivity index (χ4v) is 3.43. The molecule has 3 heterocycles. The van der Waals surface area contributed by atoms with Crippen LogP contribution in [0.3, 0.4) is 0 Å². The Labute approximate surface area is 144 Å². The number of hydrogen-bond donors (Lipinski definition) is 1. The molecule has 0 aromatic carbocycles. The number of aromatic nitrogens is 4. The summed E-state index contributed by atoms with van der Waals surface area (Å²) >= 11 is 1.39. The van der Waals surface area contributed by atoms with Crippen molar-refractivity contribution in [3.63, 3.8) is 0 Å². The maximum atomic E-state index is 12.1. The van der Waals surface area contributed by atoms with Crippen molar-refractivity contribution in [1.29, 1.82) is 0 Å². The molecular weight excluding hydrogens is 328 g/mol. The second-order valence-electron chi connectivity index (χ2n) is 5.90. The van der Waals surface area contributed by atoms with Crippen molar-refractivity contribution in [3.05, 3.63) is 23.2 Å². The van der Waals surface area contributed by atoms with Crippen LogP contribution in [-0.2, 0) is 16.1 Å². The van der Waals surface area contributed by atoms with Crippen LogP contribution in [0.1, 0.15) is 29.8 Å². The fraction of sp³-hybridized carbons (Fsp3) is 0.600. The van der Waals surface area contributed by atoms with Crippen molar-refractivity contribution in [2.24, 2.45) is 0 Å².